The van der Waals surface area contributed by atoms with Gasteiger partial charge < -0.3 is 19.2 Å². The third kappa shape index (κ3) is 5.62. The molecule has 0 aliphatic rings. The molecule has 11 heteroatoms. The van der Waals surface area contributed by atoms with Crippen molar-refractivity contribution >= 4 is 29.4 Å². The van der Waals surface area contributed by atoms with E-state index >= 15 is 0 Å². The van der Waals surface area contributed by atoms with Crippen LogP contribution in [0.15, 0.2) is 18.2 Å². The molecule has 1 aromatic heterocycles. The minimum atomic E-state index is -1.30. The van der Waals surface area contributed by atoms with Gasteiger partial charge in [-0.3, -0.25) is 14.9 Å². The molecule has 0 radical (unpaired) electrons. The summed E-state index contributed by atoms with van der Waals surface area (Å²) in [6, 6.07) is 3.00. The fourth-order valence-corrected chi connectivity index (χ4v) is 3.16. The summed E-state index contributed by atoms with van der Waals surface area (Å²) in [4.78, 5) is 62.9. The van der Waals surface area contributed by atoms with Crippen molar-refractivity contribution in [1.29, 1.82) is 0 Å². The Morgan fingerprint density at radius 2 is 1.52 bits per heavy atom. The number of Topliss-reactive ketones (excluding diaryl/α,β-unsaturated/α-hetero) is 1. The number of benzene rings is 1. The summed E-state index contributed by atoms with van der Waals surface area (Å²) in [6.07, 6.45) is -1.30. The van der Waals surface area contributed by atoms with Crippen LogP contribution in [-0.4, -0.2) is 52.9 Å². The van der Waals surface area contributed by atoms with E-state index in [1.54, 1.807) is 27.7 Å². The number of aromatic amines is 1. The SMILES string of the molecule is CCOC(=O)c1cc(C(=O)OC(C)C(=O)c2[nH]c(C)c(C(=O)OCC)c2C)cc([N+](=O)[O-])c1. The first-order chi connectivity index (χ1) is 15.5. The van der Waals surface area contributed by atoms with Crippen molar-refractivity contribution in [3.63, 3.8) is 0 Å². The van der Waals surface area contributed by atoms with Crippen LogP contribution in [0.1, 0.15) is 73.6 Å². The Hall–Kier alpha value is -4.02. The van der Waals surface area contributed by atoms with Gasteiger partial charge in [-0.1, -0.05) is 0 Å². The lowest BCUT2D eigenvalue weighted by atomic mass is 10.1. The second-order valence-corrected chi connectivity index (χ2v) is 7.00. The molecule has 2 aromatic rings. The van der Waals surface area contributed by atoms with Gasteiger partial charge >= 0.3 is 17.9 Å². The monoisotopic (exact) mass is 460 g/mol. The van der Waals surface area contributed by atoms with Crippen molar-refractivity contribution in [2.75, 3.05) is 13.2 Å². The highest BCUT2D eigenvalue weighted by Crippen LogP contribution is 2.23. The minimum Gasteiger partial charge on any atom is -0.462 e. The molecule has 0 aliphatic carbocycles. The molecule has 176 valence electrons. The number of rotatable bonds is 9. The Morgan fingerprint density at radius 3 is 2.06 bits per heavy atom. The number of hydrogen-bond acceptors (Lipinski definition) is 9. The lowest BCUT2D eigenvalue weighted by molar-refractivity contribution is -0.384. The molecule has 0 spiro atoms. The number of nitrogens with one attached hydrogen (secondary N) is 1. The van der Waals surface area contributed by atoms with E-state index in [9.17, 15) is 29.3 Å². The van der Waals surface area contributed by atoms with Gasteiger partial charge in [0.05, 0.1) is 40.5 Å². The maximum absolute atomic E-state index is 12.9. The summed E-state index contributed by atoms with van der Waals surface area (Å²) >= 11 is 0. The molecule has 2 rings (SSSR count). The fraction of sp³-hybridized carbons (Fsp3) is 0.364. The molecule has 1 aromatic carbocycles. The molecule has 0 aliphatic heterocycles. The van der Waals surface area contributed by atoms with E-state index in [1.165, 1.54) is 6.92 Å². The van der Waals surface area contributed by atoms with Crippen LogP contribution in [0.4, 0.5) is 5.69 Å². The first kappa shape index (κ1) is 25.2. The van der Waals surface area contributed by atoms with E-state index < -0.39 is 40.4 Å². The molecule has 0 bridgehead atoms. The first-order valence-electron chi connectivity index (χ1n) is 10.1. The maximum Gasteiger partial charge on any atom is 0.340 e. The number of carbonyl (C=O) groups excluding carboxylic acids is 4. The molecule has 0 fully saturated rings. The zero-order valence-corrected chi connectivity index (χ0v) is 18.8. The quantitative estimate of drug-likeness (QED) is 0.195. The van der Waals surface area contributed by atoms with Crippen LogP contribution in [-0.2, 0) is 14.2 Å². The third-order valence-electron chi connectivity index (χ3n) is 4.69. The normalized spacial score (nSPS) is 11.4. The number of aryl methyl sites for hydroxylation is 1. The van der Waals surface area contributed by atoms with Crippen LogP contribution in [0.2, 0.25) is 0 Å². The highest BCUT2D eigenvalue weighted by molar-refractivity contribution is 6.05. The number of aromatic nitrogens is 1. The van der Waals surface area contributed by atoms with Crippen molar-refractivity contribution in [2.24, 2.45) is 0 Å². The number of carbonyl (C=O) groups is 4. The van der Waals surface area contributed by atoms with Crippen LogP contribution in [0.5, 0.6) is 0 Å². The van der Waals surface area contributed by atoms with Crippen molar-refractivity contribution in [2.45, 2.75) is 40.7 Å². The Balaban J connectivity index is 2.30. The summed E-state index contributed by atoms with van der Waals surface area (Å²) in [5, 5.41) is 11.2. The maximum atomic E-state index is 12.9. The van der Waals surface area contributed by atoms with E-state index in [2.05, 4.69) is 4.98 Å². The molecule has 0 amide bonds. The van der Waals surface area contributed by atoms with Gasteiger partial charge in [0.2, 0.25) is 5.78 Å². The third-order valence-corrected chi connectivity index (χ3v) is 4.69. The lowest BCUT2D eigenvalue weighted by Gasteiger charge is -2.13. The molecular weight excluding hydrogens is 436 g/mol. The van der Waals surface area contributed by atoms with Crippen molar-refractivity contribution in [3.8, 4) is 0 Å². The van der Waals surface area contributed by atoms with Crippen LogP contribution in [0, 0.1) is 24.0 Å². The summed E-state index contributed by atoms with van der Waals surface area (Å²) in [5.41, 5.74) is 0.0507. The largest absolute Gasteiger partial charge is 0.462 e. The molecule has 1 heterocycles. The fourth-order valence-electron chi connectivity index (χ4n) is 3.16. The Kier molecular flexibility index (Phi) is 8.05. The van der Waals surface area contributed by atoms with Crippen LogP contribution < -0.4 is 0 Å². The number of nitro groups is 1. The topological polar surface area (TPSA) is 155 Å². The standard InChI is InChI=1S/C22H24N2O9/c1-6-31-20(26)14-8-15(10-16(9-14)24(29)30)21(27)33-13(5)19(25)18-11(3)17(12(4)23-18)22(28)32-7-2/h8-10,13,23H,6-7H2,1-5H3. The minimum absolute atomic E-state index is 0.0372. The van der Waals surface area contributed by atoms with Gasteiger partial charge in [0.1, 0.15) is 0 Å². The van der Waals surface area contributed by atoms with E-state index in [0.29, 0.717) is 11.3 Å². The predicted octanol–water partition coefficient (Wildman–Crippen LogP) is 3.32. The number of H-pyrrole nitrogens is 1. The zero-order valence-electron chi connectivity index (χ0n) is 18.8. The molecule has 33 heavy (non-hydrogen) atoms. The van der Waals surface area contributed by atoms with Crippen molar-refractivity contribution < 1.29 is 38.3 Å². The van der Waals surface area contributed by atoms with E-state index in [1.807, 2.05) is 0 Å². The second kappa shape index (κ2) is 10.5. The number of non-ortho nitro benzene ring substituents is 1. The smallest absolute Gasteiger partial charge is 0.340 e. The number of ether oxygens (including phenoxy) is 3. The average Bonchev–Trinajstić information content (AvgIpc) is 3.06. The molecule has 11 nitrogen and oxygen atoms in total. The van der Waals surface area contributed by atoms with Gasteiger partial charge in [-0.15, -0.1) is 0 Å². The lowest BCUT2D eigenvalue weighted by Crippen LogP contribution is -2.25. The van der Waals surface area contributed by atoms with Gasteiger partial charge in [0.15, 0.2) is 6.10 Å². The van der Waals surface area contributed by atoms with E-state index in [-0.39, 0.29) is 35.6 Å². The zero-order chi connectivity index (χ0) is 24.9. The van der Waals surface area contributed by atoms with Crippen LogP contribution in [0.25, 0.3) is 0 Å². The molecule has 1 atom stereocenters. The summed E-state index contributed by atoms with van der Waals surface area (Å²) in [6.45, 7) is 7.91. The first-order valence-corrected chi connectivity index (χ1v) is 10.1. The molecule has 1 N–H and O–H groups in total. The molecule has 0 saturated carbocycles. The van der Waals surface area contributed by atoms with Gasteiger partial charge in [-0.05, 0) is 46.2 Å². The number of esters is 3. The summed E-state index contributed by atoms with van der Waals surface area (Å²) in [7, 11) is 0. The van der Waals surface area contributed by atoms with Gasteiger partial charge in [0, 0.05) is 17.8 Å². The van der Waals surface area contributed by atoms with Gasteiger partial charge in [-0.2, -0.15) is 0 Å². The van der Waals surface area contributed by atoms with Crippen molar-refractivity contribution in [3.05, 3.63) is 62.0 Å². The highest BCUT2D eigenvalue weighted by atomic mass is 16.6. The molecule has 1 unspecified atom stereocenters. The van der Waals surface area contributed by atoms with Gasteiger partial charge in [0.25, 0.3) is 5.69 Å². The summed E-state index contributed by atoms with van der Waals surface area (Å²) in [5.74, 6) is -3.09. The second-order valence-electron chi connectivity index (χ2n) is 7.00. The van der Waals surface area contributed by atoms with Crippen LogP contribution >= 0.6 is 0 Å². The Labute approximate surface area is 189 Å². The average molecular weight is 460 g/mol. The number of ketones is 1. The number of nitrogens with zero attached hydrogens (tertiary/aromatic N) is 1. The number of nitro benzene ring substituents is 1. The van der Waals surface area contributed by atoms with E-state index in [0.717, 1.165) is 18.2 Å². The number of hydrogen-bond donors (Lipinski definition) is 1. The van der Waals surface area contributed by atoms with Crippen LogP contribution in [0.3, 0.4) is 0 Å². The molecule has 0 saturated heterocycles. The van der Waals surface area contributed by atoms with Gasteiger partial charge in [-0.25, -0.2) is 14.4 Å². The Morgan fingerprint density at radius 1 is 0.970 bits per heavy atom. The van der Waals surface area contributed by atoms with Crippen molar-refractivity contribution in [1.82, 2.24) is 4.98 Å². The predicted molar refractivity (Wildman–Crippen MR) is 114 cm³/mol. The molecular formula is C22H24N2O9. The summed E-state index contributed by atoms with van der Waals surface area (Å²) < 4.78 is 15.0. The van der Waals surface area contributed by atoms with E-state index in [4.69, 9.17) is 14.2 Å². The highest BCUT2D eigenvalue weighted by Gasteiger charge is 2.28. The Bertz CT molecular complexity index is 1120.